The van der Waals surface area contributed by atoms with Crippen LogP contribution in [0.5, 0.6) is 0 Å². The lowest BCUT2D eigenvalue weighted by Crippen LogP contribution is -2.16. The van der Waals surface area contributed by atoms with Crippen LogP contribution in [0.1, 0.15) is 21.5 Å². The molecule has 0 radical (unpaired) electrons. The first kappa shape index (κ1) is 14.7. The van der Waals surface area contributed by atoms with Crippen LogP contribution in [0.4, 0.5) is 0 Å². The zero-order valence-electron chi connectivity index (χ0n) is 11.5. The zero-order valence-corrected chi connectivity index (χ0v) is 12.3. The fraction of sp³-hybridized carbons (Fsp3) is 0.462. The molecule has 108 valence electrons. The van der Waals surface area contributed by atoms with Gasteiger partial charge in [0.1, 0.15) is 0 Å². The van der Waals surface area contributed by atoms with Gasteiger partial charge in [0, 0.05) is 36.2 Å². The average molecular weight is 295 g/mol. The van der Waals surface area contributed by atoms with Gasteiger partial charge in [-0.25, -0.2) is 0 Å². The Morgan fingerprint density at radius 2 is 2.25 bits per heavy atom. The van der Waals surface area contributed by atoms with Crippen LogP contribution in [-0.4, -0.2) is 29.8 Å². The number of rotatable bonds is 7. The number of ether oxygens (including phenoxy) is 1. The second-order valence-corrected chi connectivity index (χ2v) is 5.53. The Morgan fingerprint density at radius 1 is 1.45 bits per heavy atom. The molecule has 7 heteroatoms. The molecule has 2 heterocycles. The molecule has 1 N–H and O–H groups in total. The van der Waals surface area contributed by atoms with E-state index in [9.17, 15) is 4.79 Å². The Balaban J connectivity index is 1.70. The van der Waals surface area contributed by atoms with E-state index in [0.29, 0.717) is 18.1 Å². The van der Waals surface area contributed by atoms with E-state index in [1.807, 2.05) is 12.1 Å². The fourth-order valence-corrected chi connectivity index (χ4v) is 2.65. The molecule has 6 nitrogen and oxygen atoms in total. The summed E-state index contributed by atoms with van der Waals surface area (Å²) in [4.78, 5) is 17.5. The molecular weight excluding hydrogens is 278 g/mol. The number of aromatic nitrogens is 2. The summed E-state index contributed by atoms with van der Waals surface area (Å²) in [6.45, 7) is 3.32. The lowest BCUT2D eigenvalue weighted by atomic mass is 10.3. The monoisotopic (exact) mass is 295 g/mol. The lowest BCUT2D eigenvalue weighted by Gasteiger charge is -2.00. The van der Waals surface area contributed by atoms with Gasteiger partial charge < -0.3 is 14.6 Å². The van der Waals surface area contributed by atoms with E-state index < -0.39 is 0 Å². The highest BCUT2D eigenvalue weighted by molar-refractivity contribution is 7.12. The number of hydrogen-bond acceptors (Lipinski definition) is 7. The first-order chi connectivity index (χ1) is 9.67. The van der Waals surface area contributed by atoms with Crippen molar-refractivity contribution in [3.8, 4) is 0 Å². The van der Waals surface area contributed by atoms with Crippen molar-refractivity contribution >= 4 is 17.3 Å². The SMILES string of the molecule is COC(=O)Cc1ccc(CNCCc2noc(C)n2)s1. The first-order valence-electron chi connectivity index (χ1n) is 6.31. The summed E-state index contributed by atoms with van der Waals surface area (Å²) in [5.74, 6) is 1.09. The van der Waals surface area contributed by atoms with E-state index in [1.54, 1.807) is 18.3 Å². The maximum atomic E-state index is 11.2. The topological polar surface area (TPSA) is 77.2 Å². The van der Waals surface area contributed by atoms with Gasteiger partial charge in [0.15, 0.2) is 5.82 Å². The zero-order chi connectivity index (χ0) is 14.4. The molecule has 0 aliphatic heterocycles. The molecule has 0 unspecified atom stereocenters. The van der Waals surface area contributed by atoms with Crippen molar-refractivity contribution in [3.05, 3.63) is 33.6 Å². The molecule has 2 aromatic rings. The van der Waals surface area contributed by atoms with E-state index in [4.69, 9.17) is 4.52 Å². The summed E-state index contributed by atoms with van der Waals surface area (Å²) in [6, 6.07) is 3.98. The normalized spacial score (nSPS) is 10.7. The van der Waals surface area contributed by atoms with Crippen LogP contribution < -0.4 is 5.32 Å². The number of thiophene rings is 1. The molecule has 0 saturated heterocycles. The van der Waals surface area contributed by atoms with Crippen LogP contribution in [0.25, 0.3) is 0 Å². The van der Waals surface area contributed by atoms with Crippen molar-refractivity contribution in [1.82, 2.24) is 15.5 Å². The Bertz CT molecular complexity index is 565. The van der Waals surface area contributed by atoms with E-state index >= 15 is 0 Å². The largest absolute Gasteiger partial charge is 0.469 e. The third kappa shape index (κ3) is 4.43. The maximum absolute atomic E-state index is 11.2. The van der Waals surface area contributed by atoms with Gasteiger partial charge in [0.05, 0.1) is 13.5 Å². The van der Waals surface area contributed by atoms with Gasteiger partial charge in [0.2, 0.25) is 5.89 Å². The van der Waals surface area contributed by atoms with Crippen molar-refractivity contribution in [1.29, 1.82) is 0 Å². The summed E-state index contributed by atoms with van der Waals surface area (Å²) < 4.78 is 9.54. The average Bonchev–Trinajstić information content (AvgIpc) is 3.04. The third-order valence-electron chi connectivity index (χ3n) is 2.66. The number of methoxy groups -OCH3 is 1. The van der Waals surface area contributed by atoms with Gasteiger partial charge in [-0.1, -0.05) is 5.16 Å². The number of nitrogens with zero attached hydrogens (tertiary/aromatic N) is 2. The molecule has 0 aliphatic rings. The highest BCUT2D eigenvalue weighted by Gasteiger charge is 2.06. The first-order valence-corrected chi connectivity index (χ1v) is 7.13. The Morgan fingerprint density at radius 3 is 2.95 bits per heavy atom. The molecule has 0 aliphatic carbocycles. The highest BCUT2D eigenvalue weighted by Crippen LogP contribution is 2.17. The number of carbonyl (C=O) groups is 1. The highest BCUT2D eigenvalue weighted by atomic mass is 32.1. The molecule has 0 atom stereocenters. The Kier molecular flexibility index (Phi) is 5.25. The molecule has 0 spiro atoms. The molecule has 20 heavy (non-hydrogen) atoms. The van der Waals surface area contributed by atoms with Crippen molar-refractivity contribution in [2.75, 3.05) is 13.7 Å². The number of nitrogens with one attached hydrogen (secondary N) is 1. The lowest BCUT2D eigenvalue weighted by molar-refractivity contribution is -0.139. The summed E-state index contributed by atoms with van der Waals surface area (Å²) in [5, 5.41) is 7.14. The van der Waals surface area contributed by atoms with Gasteiger partial charge in [-0.15, -0.1) is 11.3 Å². The number of aryl methyl sites for hydroxylation is 1. The minimum absolute atomic E-state index is 0.209. The minimum atomic E-state index is -0.209. The van der Waals surface area contributed by atoms with Crippen molar-refractivity contribution in [2.45, 2.75) is 26.3 Å². The summed E-state index contributed by atoms with van der Waals surface area (Å²) in [6.07, 6.45) is 1.07. The maximum Gasteiger partial charge on any atom is 0.310 e. The minimum Gasteiger partial charge on any atom is -0.469 e. The van der Waals surface area contributed by atoms with Crippen LogP contribution in [0.3, 0.4) is 0 Å². The van der Waals surface area contributed by atoms with E-state index in [0.717, 1.165) is 24.4 Å². The molecule has 0 amide bonds. The standard InChI is InChI=1S/C13H17N3O3S/c1-9-15-12(16-19-9)5-6-14-8-11-4-3-10(20-11)7-13(17)18-2/h3-4,14H,5-8H2,1-2H3. The molecule has 0 saturated carbocycles. The second-order valence-electron chi connectivity index (χ2n) is 4.28. The second kappa shape index (κ2) is 7.16. The Labute approximate surface area is 121 Å². The van der Waals surface area contributed by atoms with Crippen molar-refractivity contribution in [2.24, 2.45) is 0 Å². The summed E-state index contributed by atoms with van der Waals surface area (Å²) >= 11 is 1.61. The van der Waals surface area contributed by atoms with Gasteiger partial charge in [-0.2, -0.15) is 4.98 Å². The Hall–Kier alpha value is -1.73. The van der Waals surface area contributed by atoms with Crippen molar-refractivity contribution in [3.63, 3.8) is 0 Å². The van der Waals surface area contributed by atoms with Crippen LogP contribution in [0.15, 0.2) is 16.7 Å². The number of carbonyl (C=O) groups excluding carboxylic acids is 1. The number of esters is 1. The van der Waals surface area contributed by atoms with Gasteiger partial charge in [-0.3, -0.25) is 4.79 Å². The smallest absolute Gasteiger partial charge is 0.310 e. The van der Waals surface area contributed by atoms with Gasteiger partial charge in [0.25, 0.3) is 0 Å². The van der Waals surface area contributed by atoms with Crippen LogP contribution in [0.2, 0.25) is 0 Å². The molecule has 0 fully saturated rings. The van der Waals surface area contributed by atoms with Gasteiger partial charge >= 0.3 is 5.97 Å². The van der Waals surface area contributed by atoms with Crippen molar-refractivity contribution < 1.29 is 14.1 Å². The predicted molar refractivity (Wildman–Crippen MR) is 74.5 cm³/mol. The predicted octanol–water partition coefficient (Wildman–Crippen LogP) is 1.49. The summed E-state index contributed by atoms with van der Waals surface area (Å²) in [7, 11) is 1.40. The molecular formula is C13H17N3O3S. The molecule has 2 aromatic heterocycles. The molecule has 2 rings (SSSR count). The molecule has 0 bridgehead atoms. The third-order valence-corrected chi connectivity index (χ3v) is 3.74. The van der Waals surface area contributed by atoms with E-state index in [1.165, 1.54) is 12.0 Å². The summed E-state index contributed by atoms with van der Waals surface area (Å²) in [5.41, 5.74) is 0. The molecule has 0 aromatic carbocycles. The van der Waals surface area contributed by atoms with Crippen LogP contribution >= 0.6 is 11.3 Å². The quantitative estimate of drug-likeness (QED) is 0.616. The van der Waals surface area contributed by atoms with Crippen LogP contribution in [0, 0.1) is 6.92 Å². The van der Waals surface area contributed by atoms with E-state index in [-0.39, 0.29) is 5.97 Å². The van der Waals surface area contributed by atoms with Gasteiger partial charge in [-0.05, 0) is 12.1 Å². The number of hydrogen-bond donors (Lipinski definition) is 1. The van der Waals surface area contributed by atoms with E-state index in [2.05, 4.69) is 20.2 Å². The van der Waals surface area contributed by atoms with Crippen LogP contribution in [-0.2, 0) is 28.9 Å². The fourth-order valence-electron chi connectivity index (χ4n) is 1.68.